The molecule has 2 aromatic heterocycles. The number of ether oxygens (including phenoxy) is 3. The molecule has 12 heteroatoms. The van der Waals surface area contributed by atoms with Crippen molar-refractivity contribution in [3.8, 4) is 16.2 Å². The molecule has 1 amide bonds. The number of nitrogens with zero attached hydrogens (tertiary/aromatic N) is 4. The van der Waals surface area contributed by atoms with Crippen molar-refractivity contribution in [1.82, 2.24) is 19.4 Å². The molecule has 4 rings (SSSR count). The number of amides is 1. The Kier molecular flexibility index (Phi) is 11.0. The molecule has 1 fully saturated rings. The maximum atomic E-state index is 13.7. The van der Waals surface area contributed by atoms with E-state index < -0.39 is 16.1 Å². The SMILES string of the molecule is Cc1cc(C(=O)N2CCN(C)CC2)sc1-c1cc(OCOCC[Si](C)(C)C)c2ncn(COCC[Si](C)(C)C)c(=O)c2c1. The fourth-order valence-corrected chi connectivity index (χ4v) is 7.34. The molecule has 0 aliphatic carbocycles. The molecule has 1 aromatic carbocycles. The smallest absolute Gasteiger partial charge is 0.264 e. The van der Waals surface area contributed by atoms with Crippen LogP contribution in [-0.2, 0) is 16.2 Å². The first-order chi connectivity index (χ1) is 20.2. The van der Waals surface area contributed by atoms with Gasteiger partial charge >= 0.3 is 0 Å². The minimum Gasteiger partial charge on any atom is -0.465 e. The Hall–Kier alpha value is -2.36. The highest BCUT2D eigenvalue weighted by molar-refractivity contribution is 7.17. The number of benzene rings is 1. The van der Waals surface area contributed by atoms with Crippen molar-refractivity contribution in [1.29, 1.82) is 0 Å². The molecular weight excluding hydrogens is 597 g/mol. The summed E-state index contributed by atoms with van der Waals surface area (Å²) in [5.41, 5.74) is 2.11. The quantitative estimate of drug-likeness (QED) is 0.132. The normalized spacial score (nSPS) is 14.9. The molecule has 0 radical (unpaired) electrons. The first kappa shape index (κ1) is 33.5. The van der Waals surface area contributed by atoms with Crippen LogP contribution in [0.2, 0.25) is 51.4 Å². The summed E-state index contributed by atoms with van der Waals surface area (Å²) < 4.78 is 19.3. The van der Waals surface area contributed by atoms with E-state index in [2.05, 4.69) is 56.2 Å². The second-order valence-corrected chi connectivity index (χ2v) is 26.2. The van der Waals surface area contributed by atoms with E-state index in [1.165, 1.54) is 22.2 Å². The molecule has 0 spiro atoms. The van der Waals surface area contributed by atoms with Crippen LogP contribution in [0.3, 0.4) is 0 Å². The molecule has 0 N–H and O–H groups in total. The van der Waals surface area contributed by atoms with E-state index in [9.17, 15) is 9.59 Å². The van der Waals surface area contributed by atoms with Crippen molar-refractivity contribution < 1.29 is 19.0 Å². The zero-order chi connectivity index (χ0) is 31.4. The van der Waals surface area contributed by atoms with Crippen LogP contribution in [0.5, 0.6) is 5.75 Å². The number of piperazine rings is 1. The van der Waals surface area contributed by atoms with Crippen molar-refractivity contribution in [2.75, 3.05) is 53.2 Å². The monoisotopic (exact) mass is 644 g/mol. The number of aromatic nitrogens is 2. The van der Waals surface area contributed by atoms with Gasteiger partial charge in [-0.05, 0) is 55.4 Å². The summed E-state index contributed by atoms with van der Waals surface area (Å²) in [6.07, 6.45) is 1.53. The minimum absolute atomic E-state index is 0.0556. The van der Waals surface area contributed by atoms with Gasteiger partial charge in [0, 0.05) is 60.4 Å². The van der Waals surface area contributed by atoms with Gasteiger partial charge in [-0.25, -0.2) is 4.98 Å². The van der Waals surface area contributed by atoms with Gasteiger partial charge in [0.1, 0.15) is 24.3 Å². The number of carbonyl (C=O) groups is 1. The number of rotatable bonds is 13. The van der Waals surface area contributed by atoms with E-state index >= 15 is 0 Å². The Labute approximate surface area is 261 Å². The molecule has 3 aromatic rings. The number of likely N-dealkylation sites (N-methyl/N-ethyl adjacent to an activating group) is 1. The van der Waals surface area contributed by atoms with Crippen LogP contribution >= 0.6 is 11.3 Å². The van der Waals surface area contributed by atoms with Crippen molar-refractivity contribution in [2.24, 2.45) is 0 Å². The fourth-order valence-electron chi connectivity index (χ4n) is 4.69. The Morgan fingerprint density at radius 3 is 2.26 bits per heavy atom. The molecule has 0 saturated carbocycles. The molecule has 0 atom stereocenters. The van der Waals surface area contributed by atoms with E-state index in [4.69, 9.17) is 14.2 Å². The van der Waals surface area contributed by atoms with Crippen molar-refractivity contribution in [3.05, 3.63) is 45.3 Å². The Morgan fingerprint density at radius 1 is 0.953 bits per heavy atom. The van der Waals surface area contributed by atoms with E-state index in [1.54, 1.807) is 0 Å². The van der Waals surface area contributed by atoms with Crippen molar-refractivity contribution >= 4 is 44.3 Å². The zero-order valence-corrected chi connectivity index (χ0v) is 29.9. The van der Waals surface area contributed by atoms with Gasteiger partial charge in [0.25, 0.3) is 11.5 Å². The van der Waals surface area contributed by atoms with Gasteiger partial charge in [0.05, 0.1) is 10.3 Å². The van der Waals surface area contributed by atoms with Crippen LogP contribution < -0.4 is 10.3 Å². The molecule has 0 unspecified atom stereocenters. The largest absolute Gasteiger partial charge is 0.465 e. The molecule has 1 saturated heterocycles. The third-order valence-electron chi connectivity index (χ3n) is 7.59. The van der Waals surface area contributed by atoms with Gasteiger partial charge in [0.15, 0.2) is 6.79 Å². The second kappa shape index (κ2) is 14.2. The summed E-state index contributed by atoms with van der Waals surface area (Å²) in [7, 11) is -0.395. The molecule has 9 nitrogen and oxygen atoms in total. The van der Waals surface area contributed by atoms with Gasteiger partial charge in [-0.15, -0.1) is 11.3 Å². The van der Waals surface area contributed by atoms with E-state index in [1.807, 2.05) is 30.0 Å². The van der Waals surface area contributed by atoms with Crippen LogP contribution in [0, 0.1) is 6.92 Å². The Bertz CT molecular complexity index is 1470. The Balaban J connectivity index is 1.64. The molecule has 1 aliphatic heterocycles. The lowest BCUT2D eigenvalue weighted by Gasteiger charge is -2.32. The summed E-state index contributed by atoms with van der Waals surface area (Å²) >= 11 is 1.46. The highest BCUT2D eigenvalue weighted by atomic mass is 32.1. The number of fused-ring (bicyclic) bond motifs is 1. The van der Waals surface area contributed by atoms with Gasteiger partial charge in [-0.2, -0.15) is 0 Å². The number of carbonyl (C=O) groups excluding carboxylic acids is 1. The van der Waals surface area contributed by atoms with Gasteiger partial charge in [0.2, 0.25) is 0 Å². The predicted octanol–water partition coefficient (Wildman–Crippen LogP) is 5.82. The molecule has 236 valence electrons. The summed E-state index contributed by atoms with van der Waals surface area (Å²) in [5, 5.41) is 0.450. The van der Waals surface area contributed by atoms with E-state index in [0.717, 1.165) is 54.3 Å². The summed E-state index contributed by atoms with van der Waals surface area (Å²) in [6.45, 7) is 20.5. The average Bonchev–Trinajstić information content (AvgIpc) is 3.32. The number of thiophene rings is 1. The van der Waals surface area contributed by atoms with Crippen LogP contribution in [0.1, 0.15) is 15.2 Å². The minimum atomic E-state index is -1.24. The van der Waals surface area contributed by atoms with Crippen LogP contribution in [0.4, 0.5) is 0 Å². The molecule has 1 aliphatic rings. The fraction of sp³-hybridized carbons (Fsp3) is 0.581. The lowest BCUT2D eigenvalue weighted by Crippen LogP contribution is -2.46. The predicted molar refractivity (Wildman–Crippen MR) is 181 cm³/mol. The lowest BCUT2D eigenvalue weighted by atomic mass is 10.1. The third-order valence-corrected chi connectivity index (χ3v) is 12.3. The topological polar surface area (TPSA) is 86.1 Å². The third kappa shape index (κ3) is 9.32. The van der Waals surface area contributed by atoms with Crippen LogP contribution in [0.25, 0.3) is 21.3 Å². The Morgan fingerprint density at radius 2 is 1.60 bits per heavy atom. The number of aryl methyl sites for hydroxylation is 1. The second-order valence-electron chi connectivity index (χ2n) is 13.9. The van der Waals surface area contributed by atoms with Gasteiger partial charge in [-0.1, -0.05) is 39.3 Å². The summed E-state index contributed by atoms with van der Waals surface area (Å²) in [6, 6.07) is 7.80. The molecule has 0 bridgehead atoms. The van der Waals surface area contributed by atoms with Gasteiger partial charge in [-0.3, -0.25) is 14.2 Å². The lowest BCUT2D eigenvalue weighted by molar-refractivity contribution is 0.0228. The van der Waals surface area contributed by atoms with E-state index in [0.29, 0.717) is 34.7 Å². The average molecular weight is 645 g/mol. The van der Waals surface area contributed by atoms with Crippen LogP contribution in [-0.4, -0.2) is 94.6 Å². The maximum Gasteiger partial charge on any atom is 0.264 e. The van der Waals surface area contributed by atoms with Gasteiger partial charge < -0.3 is 24.0 Å². The van der Waals surface area contributed by atoms with E-state index in [-0.39, 0.29) is 25.0 Å². The van der Waals surface area contributed by atoms with Crippen molar-refractivity contribution in [3.63, 3.8) is 0 Å². The highest BCUT2D eigenvalue weighted by Gasteiger charge is 2.24. The molecular formula is C31H48N4O5SSi2. The highest BCUT2D eigenvalue weighted by Crippen LogP contribution is 2.37. The first-order valence-electron chi connectivity index (χ1n) is 15.1. The van der Waals surface area contributed by atoms with Crippen LogP contribution in [0.15, 0.2) is 29.3 Å². The number of hydrogen-bond donors (Lipinski definition) is 0. The standard InChI is InChI=1S/C31H48N4O5SSi2/c1-23-17-27(31(37)34-11-9-33(2)10-12-34)41-29(23)24-18-25-28(26(19-24)40-22-39-14-16-43(6,7)8)32-20-35(30(25)36)21-38-13-15-42(3,4)5/h17-20H,9-16,21-22H2,1-8H3. The summed E-state index contributed by atoms with van der Waals surface area (Å²) in [4.78, 5) is 37.4. The summed E-state index contributed by atoms with van der Waals surface area (Å²) in [5.74, 6) is 0.546. The molecule has 43 heavy (non-hydrogen) atoms. The first-order valence-corrected chi connectivity index (χ1v) is 23.3. The zero-order valence-electron chi connectivity index (χ0n) is 27.1. The molecule has 3 heterocycles. The number of hydrogen-bond acceptors (Lipinski definition) is 8. The van der Waals surface area contributed by atoms with Crippen molar-refractivity contribution in [2.45, 2.75) is 65.0 Å². The maximum absolute atomic E-state index is 13.7.